The molecule has 0 atom stereocenters. The molecule has 3 nitrogen and oxygen atoms in total. The summed E-state index contributed by atoms with van der Waals surface area (Å²) in [6.45, 7) is 6.23. The molecule has 0 aliphatic heterocycles. The normalized spacial score (nSPS) is 10.7. The number of nitrogens with one attached hydrogen (secondary N) is 1. The van der Waals surface area contributed by atoms with E-state index in [4.69, 9.17) is 16.7 Å². The SMILES string of the molecule is CC(C)(C)SCC(=O)Nc1cc(C#CCCO)ccc1Cl. The zero-order valence-electron chi connectivity index (χ0n) is 12.5. The lowest BCUT2D eigenvalue weighted by Crippen LogP contribution is -2.19. The summed E-state index contributed by atoms with van der Waals surface area (Å²) in [5, 5.41) is 12.0. The lowest BCUT2D eigenvalue weighted by Gasteiger charge is -2.17. The molecule has 0 saturated heterocycles. The van der Waals surface area contributed by atoms with Crippen LogP contribution >= 0.6 is 23.4 Å². The highest BCUT2D eigenvalue weighted by atomic mass is 35.5. The van der Waals surface area contributed by atoms with E-state index in [1.54, 1.807) is 30.0 Å². The number of hydrogen-bond acceptors (Lipinski definition) is 3. The third kappa shape index (κ3) is 7.42. The Kier molecular flexibility index (Phi) is 7.10. The summed E-state index contributed by atoms with van der Waals surface area (Å²) in [5.74, 6) is 6.04. The van der Waals surface area contributed by atoms with E-state index in [1.807, 2.05) is 0 Å². The second-order valence-corrected chi connectivity index (χ2v) is 7.63. The fourth-order valence-corrected chi connectivity index (χ4v) is 2.19. The highest BCUT2D eigenvalue weighted by Crippen LogP contribution is 2.25. The molecule has 1 aromatic rings. The maximum absolute atomic E-state index is 11.9. The number of carbonyl (C=O) groups is 1. The van der Waals surface area contributed by atoms with Crippen LogP contribution in [-0.2, 0) is 4.79 Å². The van der Waals surface area contributed by atoms with E-state index in [2.05, 4.69) is 37.9 Å². The molecule has 0 unspecified atom stereocenters. The minimum Gasteiger partial charge on any atom is -0.395 e. The highest BCUT2D eigenvalue weighted by molar-refractivity contribution is 8.01. The van der Waals surface area contributed by atoms with Crippen LogP contribution in [-0.4, -0.2) is 28.1 Å². The third-order valence-electron chi connectivity index (χ3n) is 2.35. The summed E-state index contributed by atoms with van der Waals surface area (Å²) in [4.78, 5) is 11.9. The average Bonchev–Trinajstić information content (AvgIpc) is 2.40. The molecule has 0 bridgehead atoms. The Morgan fingerprint density at radius 3 is 2.76 bits per heavy atom. The van der Waals surface area contributed by atoms with Crippen LogP contribution < -0.4 is 5.32 Å². The molecule has 5 heteroatoms. The molecule has 2 N–H and O–H groups in total. The van der Waals surface area contributed by atoms with Gasteiger partial charge in [0.1, 0.15) is 0 Å². The van der Waals surface area contributed by atoms with Crippen molar-refractivity contribution in [3.05, 3.63) is 28.8 Å². The van der Waals surface area contributed by atoms with Gasteiger partial charge in [0.2, 0.25) is 5.91 Å². The first-order chi connectivity index (χ1) is 9.81. The van der Waals surface area contributed by atoms with Crippen molar-refractivity contribution in [2.24, 2.45) is 0 Å². The Morgan fingerprint density at radius 1 is 1.43 bits per heavy atom. The third-order valence-corrected chi connectivity index (χ3v) is 3.95. The van der Waals surface area contributed by atoms with Crippen LogP contribution in [0.2, 0.25) is 5.02 Å². The summed E-state index contributed by atoms with van der Waals surface area (Å²) in [5.41, 5.74) is 1.32. The van der Waals surface area contributed by atoms with E-state index in [-0.39, 0.29) is 17.3 Å². The molecule has 1 amide bonds. The van der Waals surface area contributed by atoms with Gasteiger partial charge in [-0.1, -0.05) is 44.2 Å². The Balaban J connectivity index is 2.72. The van der Waals surface area contributed by atoms with Gasteiger partial charge in [-0.15, -0.1) is 11.8 Å². The van der Waals surface area contributed by atoms with Crippen molar-refractivity contribution in [1.82, 2.24) is 0 Å². The van der Waals surface area contributed by atoms with Gasteiger partial charge in [-0.05, 0) is 18.2 Å². The zero-order chi connectivity index (χ0) is 15.9. The Morgan fingerprint density at radius 2 is 2.14 bits per heavy atom. The van der Waals surface area contributed by atoms with Gasteiger partial charge in [0.25, 0.3) is 0 Å². The zero-order valence-corrected chi connectivity index (χ0v) is 14.1. The summed E-state index contributed by atoms with van der Waals surface area (Å²) in [6, 6.07) is 5.23. The maximum Gasteiger partial charge on any atom is 0.234 e. The highest BCUT2D eigenvalue weighted by Gasteiger charge is 2.14. The predicted molar refractivity (Wildman–Crippen MR) is 90.9 cm³/mol. The van der Waals surface area contributed by atoms with E-state index < -0.39 is 0 Å². The smallest absolute Gasteiger partial charge is 0.234 e. The molecule has 21 heavy (non-hydrogen) atoms. The molecule has 0 aliphatic rings. The van der Waals surface area contributed by atoms with Crippen LogP contribution in [0.3, 0.4) is 0 Å². The molecule has 114 valence electrons. The van der Waals surface area contributed by atoms with Crippen molar-refractivity contribution in [2.45, 2.75) is 31.9 Å². The van der Waals surface area contributed by atoms with Crippen molar-refractivity contribution in [2.75, 3.05) is 17.7 Å². The molecule has 0 saturated carbocycles. The van der Waals surface area contributed by atoms with Crippen molar-refractivity contribution in [3.8, 4) is 11.8 Å². The topological polar surface area (TPSA) is 49.3 Å². The number of halogens is 1. The number of anilines is 1. The Labute approximate surface area is 135 Å². The van der Waals surface area contributed by atoms with E-state index in [9.17, 15) is 4.79 Å². The number of carbonyl (C=O) groups excluding carboxylic acids is 1. The quantitative estimate of drug-likeness (QED) is 0.832. The lowest BCUT2D eigenvalue weighted by molar-refractivity contribution is -0.113. The number of thioether (sulfide) groups is 1. The Hall–Kier alpha value is -1.15. The molecule has 1 rings (SSSR count). The molecule has 0 aliphatic carbocycles. The van der Waals surface area contributed by atoms with Gasteiger partial charge >= 0.3 is 0 Å². The minimum absolute atomic E-state index is 0.0359. The van der Waals surface area contributed by atoms with Gasteiger partial charge in [0, 0.05) is 16.7 Å². The summed E-state index contributed by atoms with van der Waals surface area (Å²) in [7, 11) is 0. The number of aliphatic hydroxyl groups excluding tert-OH is 1. The lowest BCUT2D eigenvalue weighted by atomic mass is 10.2. The van der Waals surface area contributed by atoms with Crippen LogP contribution in [0.5, 0.6) is 0 Å². The summed E-state index contributed by atoms with van der Waals surface area (Å²) < 4.78 is 0.0404. The number of rotatable bonds is 4. The second-order valence-electron chi connectivity index (χ2n) is 5.42. The van der Waals surface area contributed by atoms with Crippen LogP contribution in [0.25, 0.3) is 0 Å². The van der Waals surface area contributed by atoms with Crippen molar-refractivity contribution >= 4 is 35.0 Å². The molecule has 1 aromatic carbocycles. The number of amides is 1. The fourth-order valence-electron chi connectivity index (χ4n) is 1.39. The number of aliphatic hydroxyl groups is 1. The molecule has 0 radical (unpaired) electrons. The van der Waals surface area contributed by atoms with E-state index in [0.29, 0.717) is 22.9 Å². The average molecular weight is 326 g/mol. The van der Waals surface area contributed by atoms with Crippen LogP contribution in [0.4, 0.5) is 5.69 Å². The molecule has 0 spiro atoms. The van der Waals surface area contributed by atoms with E-state index in [1.165, 1.54) is 0 Å². The molecular formula is C16H20ClNO2S. The van der Waals surface area contributed by atoms with E-state index >= 15 is 0 Å². The number of hydrogen-bond donors (Lipinski definition) is 2. The van der Waals surface area contributed by atoms with Gasteiger partial charge in [-0.25, -0.2) is 0 Å². The summed E-state index contributed by atoms with van der Waals surface area (Å²) in [6.07, 6.45) is 0.423. The Bertz CT molecular complexity index is 556. The minimum atomic E-state index is -0.0858. The van der Waals surface area contributed by atoms with Crippen LogP contribution in [0, 0.1) is 11.8 Å². The maximum atomic E-state index is 11.9. The van der Waals surface area contributed by atoms with Gasteiger partial charge < -0.3 is 10.4 Å². The number of benzene rings is 1. The molecule has 0 fully saturated rings. The van der Waals surface area contributed by atoms with Crippen LogP contribution in [0.1, 0.15) is 32.8 Å². The monoisotopic (exact) mass is 325 g/mol. The van der Waals surface area contributed by atoms with Crippen LogP contribution in [0.15, 0.2) is 18.2 Å². The first kappa shape index (κ1) is 17.9. The van der Waals surface area contributed by atoms with Gasteiger partial charge in [-0.2, -0.15) is 0 Å². The largest absolute Gasteiger partial charge is 0.395 e. The first-order valence-corrected chi connectivity index (χ1v) is 8.01. The molecule has 0 aromatic heterocycles. The summed E-state index contributed by atoms with van der Waals surface area (Å²) >= 11 is 7.66. The first-order valence-electron chi connectivity index (χ1n) is 6.65. The van der Waals surface area contributed by atoms with Gasteiger partial charge in [-0.3, -0.25) is 4.79 Å². The molecular weight excluding hydrogens is 306 g/mol. The predicted octanol–water partition coefficient (Wildman–Crippen LogP) is 3.54. The van der Waals surface area contributed by atoms with Gasteiger partial charge in [0.15, 0.2) is 0 Å². The van der Waals surface area contributed by atoms with E-state index in [0.717, 1.165) is 5.56 Å². The second kappa shape index (κ2) is 8.33. The van der Waals surface area contributed by atoms with Crippen molar-refractivity contribution in [1.29, 1.82) is 0 Å². The standard InChI is InChI=1S/C16H20ClNO2S/c1-16(2,3)21-11-15(20)18-14-10-12(6-4-5-9-19)7-8-13(14)17/h7-8,10,19H,5,9,11H2,1-3H3,(H,18,20). The molecule has 0 heterocycles. The fraction of sp³-hybridized carbons (Fsp3) is 0.438. The van der Waals surface area contributed by atoms with Crippen molar-refractivity contribution < 1.29 is 9.90 Å². The van der Waals surface area contributed by atoms with Crippen molar-refractivity contribution in [3.63, 3.8) is 0 Å². The van der Waals surface area contributed by atoms with Gasteiger partial charge in [0.05, 0.1) is 23.1 Å².